The smallest absolute Gasteiger partial charge is 0.332 e. The van der Waals surface area contributed by atoms with Gasteiger partial charge in [0.15, 0.2) is 23.6 Å². The molecular weight excluding hydrogens is 279 g/mol. The highest BCUT2D eigenvalue weighted by Crippen LogP contribution is 2.14. The van der Waals surface area contributed by atoms with Gasteiger partial charge in [0, 0.05) is 6.54 Å². The Morgan fingerprint density at radius 2 is 1.95 bits per heavy atom. The lowest BCUT2D eigenvalue weighted by atomic mass is 10.2. The van der Waals surface area contributed by atoms with Crippen LogP contribution >= 0.6 is 0 Å². The molecule has 5 nitrogen and oxygen atoms in total. The predicted molar refractivity (Wildman–Crippen MR) is 61.7 cm³/mol. The third-order valence-electron chi connectivity index (χ3n) is 2.38. The molecule has 1 atom stereocenters. The molecule has 0 aliphatic rings. The zero-order valence-corrected chi connectivity index (χ0v) is 10.5. The highest BCUT2D eigenvalue weighted by molar-refractivity contribution is 5.94. The summed E-state index contributed by atoms with van der Waals surface area (Å²) in [5.74, 6) is -6.82. The zero-order chi connectivity index (χ0) is 15.3. The van der Waals surface area contributed by atoms with E-state index in [1.54, 1.807) is 0 Å². The molecule has 2 N–H and O–H groups in total. The number of carboxylic acid groups (broad SMARTS) is 1. The summed E-state index contributed by atoms with van der Waals surface area (Å²) < 4.78 is 43.7. The number of carboxylic acids is 1. The Morgan fingerprint density at radius 3 is 2.55 bits per heavy atom. The molecule has 1 unspecified atom stereocenters. The summed E-state index contributed by atoms with van der Waals surface area (Å²) in [6.45, 7) is 1.08. The molecule has 0 aromatic heterocycles. The lowest BCUT2D eigenvalue weighted by molar-refractivity contribution is -0.148. The zero-order valence-electron chi connectivity index (χ0n) is 10.5. The van der Waals surface area contributed by atoms with Crippen molar-refractivity contribution in [2.45, 2.75) is 13.0 Å². The van der Waals surface area contributed by atoms with Gasteiger partial charge in [-0.3, -0.25) is 4.79 Å². The van der Waals surface area contributed by atoms with E-state index >= 15 is 0 Å². The molecule has 0 spiro atoms. The molecule has 0 radical (unpaired) electrons. The van der Waals surface area contributed by atoms with Crippen LogP contribution in [0.15, 0.2) is 12.1 Å². The van der Waals surface area contributed by atoms with Crippen molar-refractivity contribution in [3.05, 3.63) is 35.1 Å². The molecule has 1 rings (SSSR count). The fourth-order valence-corrected chi connectivity index (χ4v) is 1.27. The van der Waals surface area contributed by atoms with E-state index in [4.69, 9.17) is 9.84 Å². The number of halogens is 3. The van der Waals surface area contributed by atoms with E-state index in [9.17, 15) is 22.8 Å². The van der Waals surface area contributed by atoms with Crippen molar-refractivity contribution in [2.75, 3.05) is 13.2 Å². The third-order valence-corrected chi connectivity index (χ3v) is 2.38. The molecule has 0 aliphatic carbocycles. The van der Waals surface area contributed by atoms with Gasteiger partial charge in [0.25, 0.3) is 5.91 Å². The van der Waals surface area contributed by atoms with Gasteiger partial charge >= 0.3 is 5.97 Å². The predicted octanol–water partition coefficient (Wildman–Crippen LogP) is 1.32. The number of carbonyl (C=O) groups excluding carboxylic acids is 1. The Bertz CT molecular complexity index is 522. The van der Waals surface area contributed by atoms with Crippen LogP contribution < -0.4 is 5.32 Å². The molecular formula is C12H12F3NO4. The van der Waals surface area contributed by atoms with Crippen molar-refractivity contribution in [3.63, 3.8) is 0 Å². The van der Waals surface area contributed by atoms with Gasteiger partial charge in [0.1, 0.15) is 0 Å². The van der Waals surface area contributed by atoms with Crippen LogP contribution in [-0.4, -0.2) is 36.2 Å². The fraction of sp³-hybridized carbons (Fsp3) is 0.333. The van der Waals surface area contributed by atoms with Gasteiger partial charge in [-0.2, -0.15) is 0 Å². The van der Waals surface area contributed by atoms with Crippen LogP contribution in [0.2, 0.25) is 0 Å². The monoisotopic (exact) mass is 291 g/mol. The van der Waals surface area contributed by atoms with Crippen molar-refractivity contribution in [2.24, 2.45) is 0 Å². The fourth-order valence-electron chi connectivity index (χ4n) is 1.27. The molecule has 8 heteroatoms. The van der Waals surface area contributed by atoms with Crippen LogP contribution in [0, 0.1) is 17.5 Å². The Labute approximate surface area is 112 Å². The number of carbonyl (C=O) groups is 2. The topological polar surface area (TPSA) is 75.6 Å². The summed E-state index contributed by atoms with van der Waals surface area (Å²) in [6.07, 6.45) is -1.05. The van der Waals surface area contributed by atoms with Crippen LogP contribution in [0.5, 0.6) is 0 Å². The number of ether oxygens (including phenoxy) is 1. The van der Waals surface area contributed by atoms with Gasteiger partial charge in [0.05, 0.1) is 12.2 Å². The number of rotatable bonds is 6. The maximum Gasteiger partial charge on any atom is 0.332 e. The van der Waals surface area contributed by atoms with Crippen molar-refractivity contribution < 1.29 is 32.6 Å². The van der Waals surface area contributed by atoms with Crippen LogP contribution in [-0.2, 0) is 9.53 Å². The molecule has 20 heavy (non-hydrogen) atoms. The Morgan fingerprint density at radius 1 is 1.30 bits per heavy atom. The first-order valence-corrected chi connectivity index (χ1v) is 5.60. The minimum atomic E-state index is -1.73. The van der Waals surface area contributed by atoms with Gasteiger partial charge in [-0.1, -0.05) is 0 Å². The first-order valence-electron chi connectivity index (χ1n) is 5.60. The molecule has 1 amide bonds. The number of hydrogen-bond acceptors (Lipinski definition) is 3. The first kappa shape index (κ1) is 16.0. The quantitative estimate of drug-likeness (QED) is 0.612. The normalized spacial score (nSPS) is 12.0. The number of nitrogens with one attached hydrogen (secondary N) is 1. The van der Waals surface area contributed by atoms with E-state index < -0.39 is 41.0 Å². The number of aliphatic carboxylic acids is 1. The third kappa shape index (κ3) is 3.95. The van der Waals surface area contributed by atoms with E-state index in [0.717, 1.165) is 6.07 Å². The number of amides is 1. The van der Waals surface area contributed by atoms with Crippen LogP contribution in [0.4, 0.5) is 13.2 Å². The number of hydrogen-bond donors (Lipinski definition) is 2. The molecule has 0 heterocycles. The maximum atomic E-state index is 13.3. The van der Waals surface area contributed by atoms with Crippen molar-refractivity contribution in [3.8, 4) is 0 Å². The van der Waals surface area contributed by atoms with E-state index in [2.05, 4.69) is 5.32 Å². The largest absolute Gasteiger partial charge is 0.479 e. The highest BCUT2D eigenvalue weighted by Gasteiger charge is 2.18. The molecule has 0 saturated carbocycles. The van der Waals surface area contributed by atoms with Crippen molar-refractivity contribution in [1.82, 2.24) is 5.32 Å². The SMILES string of the molecule is CC(OCCNC(=O)c1ccc(F)c(F)c1F)C(=O)O. The van der Waals surface area contributed by atoms with Gasteiger partial charge in [-0.25, -0.2) is 18.0 Å². The molecule has 0 aliphatic heterocycles. The van der Waals surface area contributed by atoms with Gasteiger partial charge in [-0.05, 0) is 19.1 Å². The second-order valence-corrected chi connectivity index (χ2v) is 3.83. The van der Waals surface area contributed by atoms with Crippen LogP contribution in [0.25, 0.3) is 0 Å². The average Bonchev–Trinajstić information content (AvgIpc) is 2.40. The Hall–Kier alpha value is -2.09. The second-order valence-electron chi connectivity index (χ2n) is 3.83. The Balaban J connectivity index is 2.52. The van der Waals surface area contributed by atoms with E-state index in [1.807, 2.05) is 0 Å². The van der Waals surface area contributed by atoms with E-state index in [0.29, 0.717) is 6.07 Å². The summed E-state index contributed by atoms with van der Waals surface area (Å²) in [6, 6.07) is 1.44. The molecule has 1 aromatic carbocycles. The summed E-state index contributed by atoms with van der Waals surface area (Å²) in [4.78, 5) is 21.9. The lowest BCUT2D eigenvalue weighted by Gasteiger charge is -2.10. The maximum absolute atomic E-state index is 13.3. The van der Waals surface area contributed by atoms with Gasteiger partial charge in [0.2, 0.25) is 0 Å². The van der Waals surface area contributed by atoms with Crippen molar-refractivity contribution >= 4 is 11.9 Å². The summed E-state index contributed by atoms with van der Waals surface area (Å²) >= 11 is 0. The first-order chi connectivity index (χ1) is 9.34. The molecule has 1 aromatic rings. The van der Waals surface area contributed by atoms with Gasteiger partial charge in [-0.15, -0.1) is 0 Å². The lowest BCUT2D eigenvalue weighted by Crippen LogP contribution is -2.30. The summed E-state index contributed by atoms with van der Waals surface area (Å²) in [5.41, 5.74) is -0.643. The number of benzene rings is 1. The van der Waals surface area contributed by atoms with Gasteiger partial charge < -0.3 is 15.2 Å². The Kier molecular flexibility index (Phi) is 5.51. The second kappa shape index (κ2) is 6.90. The summed E-state index contributed by atoms with van der Waals surface area (Å²) in [7, 11) is 0. The van der Waals surface area contributed by atoms with Crippen molar-refractivity contribution in [1.29, 1.82) is 0 Å². The molecule has 0 fully saturated rings. The minimum absolute atomic E-state index is 0.102. The molecule has 0 bridgehead atoms. The van der Waals surface area contributed by atoms with E-state index in [-0.39, 0.29) is 13.2 Å². The molecule has 110 valence electrons. The van der Waals surface area contributed by atoms with Crippen LogP contribution in [0.1, 0.15) is 17.3 Å². The van der Waals surface area contributed by atoms with E-state index in [1.165, 1.54) is 6.92 Å². The molecule has 0 saturated heterocycles. The standard InChI is InChI=1S/C12H12F3NO4/c1-6(12(18)19)20-5-4-16-11(17)7-2-3-8(13)10(15)9(7)14/h2-3,6H,4-5H2,1H3,(H,16,17)(H,18,19). The average molecular weight is 291 g/mol. The highest BCUT2D eigenvalue weighted by atomic mass is 19.2. The summed E-state index contributed by atoms with van der Waals surface area (Å²) in [5, 5.41) is 10.7. The van der Waals surface area contributed by atoms with Crippen LogP contribution in [0.3, 0.4) is 0 Å². The minimum Gasteiger partial charge on any atom is -0.479 e.